The van der Waals surface area contributed by atoms with Crippen molar-refractivity contribution in [3.05, 3.63) is 123 Å². The minimum atomic E-state index is -2.91. The first-order valence-corrected chi connectivity index (χ1v) is 21.9. The first-order valence-electron chi connectivity index (χ1n) is 18.9. The molecule has 4 aliphatic rings. The van der Waals surface area contributed by atoms with E-state index in [1.807, 2.05) is 92.8 Å². The summed E-state index contributed by atoms with van der Waals surface area (Å²) in [6.07, 6.45) is 0.375. The van der Waals surface area contributed by atoms with Gasteiger partial charge in [-0.05, 0) is 67.3 Å². The smallest absolute Gasteiger partial charge is 0.265 e. The molecular formula is C43H48FN3O7Si. The summed E-state index contributed by atoms with van der Waals surface area (Å²) < 4.78 is 42.5. The van der Waals surface area contributed by atoms with Gasteiger partial charge in [-0.25, -0.2) is 4.39 Å². The number of rotatable bonds is 9. The second-order valence-corrected chi connectivity index (χ2v) is 21.7. The molecule has 0 radical (unpaired) electrons. The number of aliphatic hydroxyl groups excluding tert-OH is 1. The Morgan fingerprint density at radius 2 is 1.56 bits per heavy atom. The number of ketones is 2. The normalized spacial score (nSPS) is 23.3. The van der Waals surface area contributed by atoms with Crippen molar-refractivity contribution in [3.63, 3.8) is 0 Å². The van der Waals surface area contributed by atoms with E-state index in [4.69, 9.17) is 18.4 Å². The minimum Gasteiger partial charge on any atom is -0.508 e. The molecule has 3 aromatic carbocycles. The number of fused-ring (bicyclic) bond motifs is 5. The monoisotopic (exact) mass is 765 g/mol. The van der Waals surface area contributed by atoms with Crippen molar-refractivity contribution >= 4 is 19.9 Å². The Labute approximate surface area is 321 Å². The Kier molecular flexibility index (Phi) is 9.19. The van der Waals surface area contributed by atoms with Crippen LogP contribution >= 0.6 is 0 Å². The van der Waals surface area contributed by atoms with Crippen molar-refractivity contribution in [2.45, 2.75) is 89.7 Å². The van der Waals surface area contributed by atoms with Gasteiger partial charge in [-0.15, -0.1) is 0 Å². The summed E-state index contributed by atoms with van der Waals surface area (Å²) in [6, 6.07) is 18.5. The minimum absolute atomic E-state index is 0.00525. The number of Topliss-reactive ketones (excluding diaryl/α,β-unsaturated/α-hetero) is 2. The predicted molar refractivity (Wildman–Crippen MR) is 206 cm³/mol. The molecule has 1 aliphatic heterocycles. The van der Waals surface area contributed by atoms with Gasteiger partial charge in [-0.1, -0.05) is 81.4 Å². The molecule has 4 atom stereocenters. The molecule has 0 amide bonds. The molecule has 55 heavy (non-hydrogen) atoms. The van der Waals surface area contributed by atoms with Gasteiger partial charge in [0.15, 0.2) is 25.5 Å². The zero-order valence-corrected chi connectivity index (χ0v) is 33.4. The highest BCUT2D eigenvalue weighted by molar-refractivity contribution is 6.74. The number of ether oxygens (including phenoxy) is 2. The number of carbonyl (C=O) groups is 2. The highest BCUT2D eigenvalue weighted by atomic mass is 28.4. The van der Waals surface area contributed by atoms with E-state index in [1.54, 1.807) is 0 Å². The van der Waals surface area contributed by atoms with Crippen LogP contribution in [0.1, 0.15) is 87.5 Å². The number of hydrogen-bond acceptors (Lipinski definition) is 10. The van der Waals surface area contributed by atoms with E-state index in [0.717, 1.165) is 11.1 Å². The predicted octanol–water partition coefficient (Wildman–Crippen LogP) is 8.02. The molecule has 3 aliphatic carbocycles. The molecule has 2 N–H and O–H groups in total. The van der Waals surface area contributed by atoms with E-state index in [-0.39, 0.29) is 59.2 Å². The summed E-state index contributed by atoms with van der Waals surface area (Å²) in [5, 5.41) is 20.1. The lowest BCUT2D eigenvalue weighted by Crippen LogP contribution is -2.65. The number of halogens is 1. The van der Waals surface area contributed by atoms with Gasteiger partial charge in [0.1, 0.15) is 36.1 Å². The molecule has 12 heteroatoms. The molecule has 10 nitrogen and oxygen atoms in total. The number of aliphatic hydroxyl groups is 1. The van der Waals surface area contributed by atoms with E-state index >= 15 is 14.0 Å². The Bertz CT molecular complexity index is 2210. The van der Waals surface area contributed by atoms with Crippen molar-refractivity contribution in [2.75, 3.05) is 14.1 Å². The third-order valence-corrected chi connectivity index (χ3v) is 16.9. The standard InChI is InChI=1S/C43H48FN3O7Si/c1-42(2,3)55(6,7)54-43-30(35(47(4)5)38-33(40(43)50)41(46-53-38)52-23-25-16-12-9-13-17-25)19-26-18-27-32(36(48)31(26)39(43)49)37(29-21-45-20-28(29)34(27)44)51-22-24-14-10-8-11-15-24/h8-17,26,30,35,45,49H,18-23H2,1-7H3/t26-,30-,35-,43-/m0/s1. The first kappa shape index (κ1) is 37.3. The number of carbonyl (C=O) groups excluding carboxylic acids is 2. The highest BCUT2D eigenvalue weighted by Gasteiger charge is 2.67. The van der Waals surface area contributed by atoms with E-state index < -0.39 is 54.9 Å². The van der Waals surface area contributed by atoms with Crippen molar-refractivity contribution in [3.8, 4) is 11.6 Å². The quantitative estimate of drug-likeness (QED) is 0.162. The maximum atomic E-state index is 16.6. The van der Waals surface area contributed by atoms with Crippen LogP contribution in [0.25, 0.3) is 0 Å². The molecule has 0 saturated heterocycles. The molecule has 1 aromatic heterocycles. The van der Waals surface area contributed by atoms with E-state index in [9.17, 15) is 5.11 Å². The van der Waals surface area contributed by atoms with Crippen molar-refractivity contribution in [1.29, 1.82) is 0 Å². The second kappa shape index (κ2) is 13.5. The number of nitrogens with zero attached hydrogens (tertiary/aromatic N) is 2. The van der Waals surface area contributed by atoms with Crippen LogP contribution in [0.2, 0.25) is 18.1 Å². The van der Waals surface area contributed by atoms with E-state index in [2.05, 4.69) is 31.2 Å². The van der Waals surface area contributed by atoms with Crippen LogP contribution in [0.15, 0.2) is 76.5 Å². The summed E-state index contributed by atoms with van der Waals surface area (Å²) >= 11 is 0. The van der Waals surface area contributed by atoms with Crippen LogP contribution in [-0.4, -0.2) is 54.7 Å². The summed E-state index contributed by atoms with van der Waals surface area (Å²) in [7, 11) is 0.836. The van der Waals surface area contributed by atoms with Crippen LogP contribution in [0.3, 0.4) is 0 Å². The van der Waals surface area contributed by atoms with Gasteiger partial charge in [0, 0.05) is 41.3 Å². The fraction of sp³-hybridized carbons (Fsp3) is 0.419. The van der Waals surface area contributed by atoms with Crippen LogP contribution < -0.4 is 14.8 Å². The summed E-state index contributed by atoms with van der Waals surface area (Å²) in [5.41, 5.74) is 1.38. The van der Waals surface area contributed by atoms with Gasteiger partial charge >= 0.3 is 0 Å². The fourth-order valence-corrected chi connectivity index (χ4v) is 10.2. The number of hydrogen-bond donors (Lipinski definition) is 2. The zero-order chi connectivity index (χ0) is 39.0. The second-order valence-electron chi connectivity index (χ2n) is 17.0. The molecule has 0 fully saturated rings. The SMILES string of the molecule is CN(C)[C@@H]1c2onc(OCc3ccccc3)c2C(=O)[C@@]2(O[Si](C)(C)C(C)(C)C)C(O)=C3C(=O)c4c(c(F)c5c(c4OCc4ccccc4)CNC5)C[C@H]3C[C@@H]12. The van der Waals surface area contributed by atoms with Crippen LogP contribution in [0, 0.1) is 17.7 Å². The zero-order valence-electron chi connectivity index (χ0n) is 32.4. The number of benzene rings is 3. The average molecular weight is 766 g/mol. The molecule has 0 unspecified atom stereocenters. The van der Waals surface area contributed by atoms with Crippen LogP contribution in [0.4, 0.5) is 4.39 Å². The lowest BCUT2D eigenvalue weighted by molar-refractivity contribution is -0.0481. The van der Waals surface area contributed by atoms with Gasteiger partial charge in [0.2, 0.25) is 5.78 Å². The molecule has 8 rings (SSSR count). The van der Waals surface area contributed by atoms with Gasteiger partial charge in [0.25, 0.3) is 5.88 Å². The topological polar surface area (TPSA) is 123 Å². The Morgan fingerprint density at radius 3 is 2.18 bits per heavy atom. The molecule has 4 aromatic rings. The maximum Gasteiger partial charge on any atom is 0.265 e. The summed E-state index contributed by atoms with van der Waals surface area (Å²) in [6.45, 7) is 11.2. The lowest BCUT2D eigenvalue weighted by Gasteiger charge is -2.55. The third kappa shape index (κ3) is 5.87. The molecule has 2 heterocycles. The molecule has 0 saturated carbocycles. The maximum absolute atomic E-state index is 16.6. The average Bonchev–Trinajstić information content (AvgIpc) is 3.81. The molecule has 0 bridgehead atoms. The lowest BCUT2D eigenvalue weighted by atomic mass is 9.58. The molecular weight excluding hydrogens is 718 g/mol. The highest BCUT2D eigenvalue weighted by Crippen LogP contribution is 2.60. The Morgan fingerprint density at radius 1 is 0.945 bits per heavy atom. The first-order chi connectivity index (χ1) is 26.2. The van der Waals surface area contributed by atoms with E-state index in [0.29, 0.717) is 35.7 Å². The van der Waals surface area contributed by atoms with Gasteiger partial charge in [-0.3, -0.25) is 14.5 Å². The number of allylic oxidation sites excluding steroid dienone is 1. The van der Waals surface area contributed by atoms with Gasteiger partial charge in [0.05, 0.1) is 11.6 Å². The third-order valence-electron chi connectivity index (χ3n) is 12.4. The Balaban J connectivity index is 1.32. The number of nitrogens with one attached hydrogen (secondary N) is 1. The molecule has 0 spiro atoms. The molecule has 288 valence electrons. The van der Waals surface area contributed by atoms with Gasteiger partial charge in [-0.2, -0.15) is 0 Å². The fourth-order valence-electron chi connectivity index (χ4n) is 8.71. The van der Waals surface area contributed by atoms with Crippen molar-refractivity contribution in [2.24, 2.45) is 11.8 Å². The van der Waals surface area contributed by atoms with Crippen molar-refractivity contribution < 1.29 is 37.5 Å². The van der Waals surface area contributed by atoms with Crippen LogP contribution in [-0.2, 0) is 37.2 Å². The number of aromatic nitrogens is 1. The van der Waals surface area contributed by atoms with Gasteiger partial charge < -0.3 is 28.8 Å². The largest absolute Gasteiger partial charge is 0.508 e. The Hall–Kier alpha value is -4.62. The van der Waals surface area contributed by atoms with E-state index in [1.165, 1.54) is 0 Å². The summed E-state index contributed by atoms with van der Waals surface area (Å²) in [4.78, 5) is 32.6. The van der Waals surface area contributed by atoms with Crippen molar-refractivity contribution in [1.82, 2.24) is 15.4 Å². The van der Waals surface area contributed by atoms with Crippen LogP contribution in [0.5, 0.6) is 11.6 Å². The summed E-state index contributed by atoms with van der Waals surface area (Å²) in [5.74, 6) is -2.69.